The van der Waals surface area contributed by atoms with Crippen molar-refractivity contribution < 1.29 is 0 Å². The molecule has 2 heterocycles. The van der Waals surface area contributed by atoms with Crippen molar-refractivity contribution in [2.24, 2.45) is 0 Å². The first-order chi connectivity index (χ1) is 8.28. The Balaban J connectivity index is 2.14. The first kappa shape index (κ1) is 10.5. The van der Waals surface area contributed by atoms with Crippen molar-refractivity contribution in [3.8, 4) is 11.3 Å². The molecule has 0 N–H and O–H groups in total. The van der Waals surface area contributed by atoms with Gasteiger partial charge in [-0.1, -0.05) is 6.07 Å². The summed E-state index contributed by atoms with van der Waals surface area (Å²) < 4.78 is 2.26. The van der Waals surface area contributed by atoms with Crippen LogP contribution in [0.15, 0.2) is 35.8 Å². The van der Waals surface area contributed by atoms with Crippen molar-refractivity contribution in [2.75, 3.05) is 0 Å². The maximum Gasteiger partial charge on any atom is 0.0901 e. The number of hydrogen-bond acceptors (Lipinski definition) is 2. The van der Waals surface area contributed by atoms with Gasteiger partial charge in [-0.25, -0.2) is 4.98 Å². The minimum atomic E-state index is 1.01. The molecular formula is C14H14N2S. The zero-order valence-corrected chi connectivity index (χ0v) is 10.8. The molecule has 0 atom stereocenters. The molecule has 0 aliphatic rings. The zero-order valence-electron chi connectivity index (χ0n) is 9.97. The molecule has 3 aromatic rings. The Kier molecular flexibility index (Phi) is 2.48. The molecule has 0 saturated carbocycles. The number of thiazole rings is 1. The molecule has 3 rings (SSSR count). The first-order valence-corrected chi connectivity index (χ1v) is 6.67. The second kappa shape index (κ2) is 4.00. The fourth-order valence-electron chi connectivity index (χ4n) is 2.13. The SMILES string of the molecule is CCn1ccc2cc(-c3csc(C)n3)ccc21. The van der Waals surface area contributed by atoms with E-state index in [9.17, 15) is 0 Å². The van der Waals surface area contributed by atoms with Crippen LogP contribution < -0.4 is 0 Å². The van der Waals surface area contributed by atoms with Gasteiger partial charge in [0.15, 0.2) is 0 Å². The van der Waals surface area contributed by atoms with E-state index >= 15 is 0 Å². The summed E-state index contributed by atoms with van der Waals surface area (Å²) in [7, 11) is 0. The van der Waals surface area contributed by atoms with Crippen LogP contribution in [0.4, 0.5) is 0 Å². The van der Waals surface area contributed by atoms with Gasteiger partial charge in [0.05, 0.1) is 10.7 Å². The number of aryl methyl sites for hydroxylation is 2. The minimum Gasteiger partial charge on any atom is -0.348 e. The van der Waals surface area contributed by atoms with E-state index in [0.717, 1.165) is 17.2 Å². The van der Waals surface area contributed by atoms with Crippen LogP contribution in [-0.2, 0) is 6.54 Å². The Labute approximate surface area is 105 Å². The third-order valence-corrected chi connectivity index (χ3v) is 3.80. The van der Waals surface area contributed by atoms with E-state index in [-0.39, 0.29) is 0 Å². The Morgan fingerprint density at radius 3 is 2.88 bits per heavy atom. The summed E-state index contributed by atoms with van der Waals surface area (Å²) in [5.41, 5.74) is 3.58. The third kappa shape index (κ3) is 1.76. The molecule has 0 aliphatic carbocycles. The predicted octanol–water partition coefficient (Wildman–Crippen LogP) is 4.09. The van der Waals surface area contributed by atoms with Gasteiger partial charge in [0, 0.05) is 34.6 Å². The van der Waals surface area contributed by atoms with Crippen LogP contribution in [0.3, 0.4) is 0 Å². The van der Waals surface area contributed by atoms with Gasteiger partial charge in [0.1, 0.15) is 0 Å². The average molecular weight is 242 g/mol. The number of aromatic nitrogens is 2. The normalized spacial score (nSPS) is 11.2. The fourth-order valence-corrected chi connectivity index (χ4v) is 2.75. The number of benzene rings is 1. The highest BCUT2D eigenvalue weighted by Crippen LogP contribution is 2.26. The van der Waals surface area contributed by atoms with E-state index in [1.807, 2.05) is 6.92 Å². The average Bonchev–Trinajstić information content (AvgIpc) is 2.94. The van der Waals surface area contributed by atoms with Crippen molar-refractivity contribution in [1.82, 2.24) is 9.55 Å². The lowest BCUT2D eigenvalue weighted by atomic mass is 10.1. The minimum absolute atomic E-state index is 1.01. The van der Waals surface area contributed by atoms with E-state index in [0.29, 0.717) is 0 Å². The Morgan fingerprint density at radius 2 is 2.18 bits per heavy atom. The largest absolute Gasteiger partial charge is 0.348 e. The molecule has 2 aromatic heterocycles. The van der Waals surface area contributed by atoms with Gasteiger partial charge < -0.3 is 4.57 Å². The molecule has 1 aromatic carbocycles. The molecule has 0 bridgehead atoms. The summed E-state index contributed by atoms with van der Waals surface area (Å²) in [5.74, 6) is 0. The molecule has 17 heavy (non-hydrogen) atoms. The molecule has 0 radical (unpaired) electrons. The van der Waals surface area contributed by atoms with Crippen molar-refractivity contribution in [2.45, 2.75) is 20.4 Å². The van der Waals surface area contributed by atoms with Crippen molar-refractivity contribution >= 4 is 22.2 Å². The topological polar surface area (TPSA) is 17.8 Å². The maximum absolute atomic E-state index is 4.53. The highest BCUT2D eigenvalue weighted by molar-refractivity contribution is 7.09. The van der Waals surface area contributed by atoms with Crippen molar-refractivity contribution in [3.05, 3.63) is 40.8 Å². The molecule has 0 fully saturated rings. The molecule has 0 unspecified atom stereocenters. The molecule has 86 valence electrons. The second-order valence-corrected chi connectivity index (χ2v) is 5.19. The van der Waals surface area contributed by atoms with Gasteiger partial charge >= 0.3 is 0 Å². The standard InChI is InChI=1S/C14H14N2S/c1-3-16-7-6-12-8-11(4-5-14(12)16)13-9-17-10(2)15-13/h4-9H,3H2,1-2H3. The first-order valence-electron chi connectivity index (χ1n) is 5.79. The molecule has 0 aliphatic heterocycles. The summed E-state index contributed by atoms with van der Waals surface area (Å²) in [4.78, 5) is 4.53. The van der Waals surface area contributed by atoms with E-state index < -0.39 is 0 Å². The summed E-state index contributed by atoms with van der Waals surface area (Å²) >= 11 is 1.70. The summed E-state index contributed by atoms with van der Waals surface area (Å²) in [6.07, 6.45) is 2.14. The molecule has 0 spiro atoms. The van der Waals surface area contributed by atoms with Crippen LogP contribution in [0.25, 0.3) is 22.2 Å². The lowest BCUT2D eigenvalue weighted by Crippen LogP contribution is -1.90. The number of fused-ring (bicyclic) bond motifs is 1. The van der Waals surface area contributed by atoms with Gasteiger partial charge in [0.25, 0.3) is 0 Å². The summed E-state index contributed by atoms with van der Waals surface area (Å²) in [5, 5.41) is 4.52. The lowest BCUT2D eigenvalue weighted by molar-refractivity contribution is 0.798. The van der Waals surface area contributed by atoms with Gasteiger partial charge in [0.2, 0.25) is 0 Å². The summed E-state index contributed by atoms with van der Waals surface area (Å²) in [6, 6.07) is 8.73. The van der Waals surface area contributed by atoms with Crippen molar-refractivity contribution in [1.29, 1.82) is 0 Å². The fraction of sp³-hybridized carbons (Fsp3) is 0.214. The van der Waals surface area contributed by atoms with E-state index in [4.69, 9.17) is 0 Å². The van der Waals surface area contributed by atoms with Crippen LogP contribution >= 0.6 is 11.3 Å². The van der Waals surface area contributed by atoms with Crippen LogP contribution in [0.1, 0.15) is 11.9 Å². The van der Waals surface area contributed by atoms with Gasteiger partial charge in [-0.2, -0.15) is 0 Å². The Bertz CT molecular complexity index is 664. The van der Waals surface area contributed by atoms with E-state index in [1.54, 1.807) is 11.3 Å². The Morgan fingerprint density at radius 1 is 1.29 bits per heavy atom. The number of nitrogens with zero attached hydrogens (tertiary/aromatic N) is 2. The predicted molar refractivity (Wildman–Crippen MR) is 73.5 cm³/mol. The molecule has 0 amide bonds. The smallest absolute Gasteiger partial charge is 0.0901 e. The van der Waals surface area contributed by atoms with Gasteiger partial charge in [-0.3, -0.25) is 0 Å². The highest BCUT2D eigenvalue weighted by atomic mass is 32.1. The van der Waals surface area contributed by atoms with Crippen LogP contribution in [0.5, 0.6) is 0 Å². The number of hydrogen-bond donors (Lipinski definition) is 0. The van der Waals surface area contributed by atoms with Gasteiger partial charge in [-0.15, -0.1) is 11.3 Å². The molecule has 2 nitrogen and oxygen atoms in total. The monoisotopic (exact) mass is 242 g/mol. The van der Waals surface area contributed by atoms with Crippen LogP contribution in [0.2, 0.25) is 0 Å². The third-order valence-electron chi connectivity index (χ3n) is 3.03. The summed E-state index contributed by atoms with van der Waals surface area (Å²) in [6.45, 7) is 5.22. The van der Waals surface area contributed by atoms with E-state index in [2.05, 4.69) is 52.3 Å². The lowest BCUT2D eigenvalue weighted by Gasteiger charge is -2.01. The Hall–Kier alpha value is -1.61. The second-order valence-electron chi connectivity index (χ2n) is 4.13. The zero-order chi connectivity index (χ0) is 11.8. The molecular weight excluding hydrogens is 228 g/mol. The van der Waals surface area contributed by atoms with E-state index in [1.165, 1.54) is 16.5 Å². The molecule has 3 heteroatoms. The van der Waals surface area contributed by atoms with Crippen molar-refractivity contribution in [3.63, 3.8) is 0 Å². The maximum atomic E-state index is 4.53. The quantitative estimate of drug-likeness (QED) is 0.661. The molecule has 0 saturated heterocycles. The van der Waals surface area contributed by atoms with Crippen LogP contribution in [-0.4, -0.2) is 9.55 Å². The van der Waals surface area contributed by atoms with Crippen LogP contribution in [0, 0.1) is 6.92 Å². The number of rotatable bonds is 2. The van der Waals surface area contributed by atoms with Gasteiger partial charge in [-0.05, 0) is 32.0 Å². The highest BCUT2D eigenvalue weighted by Gasteiger charge is 2.05.